The third-order valence-corrected chi connectivity index (χ3v) is 5.26. The van der Waals surface area contributed by atoms with E-state index in [1.54, 1.807) is 0 Å². The normalized spacial score (nSPS) is 13.9. The molecule has 1 aromatic heterocycles. The highest BCUT2D eigenvalue weighted by Crippen LogP contribution is 2.29. The molecule has 0 radical (unpaired) electrons. The lowest BCUT2D eigenvalue weighted by Crippen LogP contribution is -2.37. The molecule has 3 rings (SSSR count). The van der Waals surface area contributed by atoms with Crippen LogP contribution in [-0.2, 0) is 17.8 Å². The predicted molar refractivity (Wildman–Crippen MR) is 105 cm³/mol. The van der Waals surface area contributed by atoms with Gasteiger partial charge < -0.3 is 9.80 Å². The third kappa shape index (κ3) is 4.46. The van der Waals surface area contributed by atoms with Crippen molar-refractivity contribution in [2.45, 2.75) is 39.2 Å². The molecule has 0 unspecified atom stereocenters. The highest BCUT2D eigenvalue weighted by molar-refractivity contribution is 6.30. The maximum atomic E-state index is 12.7. The summed E-state index contributed by atoms with van der Waals surface area (Å²) >= 11 is 5.99. The van der Waals surface area contributed by atoms with Gasteiger partial charge in [-0.15, -0.1) is 0 Å². The largest absolute Gasteiger partial charge is 0.338 e. The van der Waals surface area contributed by atoms with Crippen molar-refractivity contribution in [3.05, 3.63) is 40.5 Å². The molecule has 1 amide bonds. The Hall–Kier alpha value is -1.85. The first-order chi connectivity index (χ1) is 12.6. The predicted octanol–water partition coefficient (Wildman–Crippen LogP) is 3.74. The van der Waals surface area contributed by atoms with Gasteiger partial charge in [0.1, 0.15) is 0 Å². The number of aromatic amines is 1. The third-order valence-electron chi connectivity index (χ3n) is 5.00. The van der Waals surface area contributed by atoms with E-state index in [4.69, 9.17) is 11.6 Å². The Morgan fingerprint density at radius 3 is 2.81 bits per heavy atom. The standard InChI is InChI=1S/C20H27ClN4O/c1-3-4-11-24(2)12-10-19(26)25-13-9-18-17(14-25)20(23-22-18)15-5-7-16(21)8-6-15/h5-8H,3-4,9-14H2,1-2H3,(H,22,23). The van der Waals surface area contributed by atoms with Gasteiger partial charge in [-0.2, -0.15) is 5.10 Å². The number of halogens is 1. The second-order valence-corrected chi connectivity index (χ2v) is 7.44. The molecule has 1 aromatic carbocycles. The van der Waals surface area contributed by atoms with E-state index in [9.17, 15) is 4.79 Å². The maximum Gasteiger partial charge on any atom is 0.224 e. The Bertz CT molecular complexity index is 741. The first kappa shape index (κ1) is 18.9. The maximum absolute atomic E-state index is 12.7. The van der Waals surface area contributed by atoms with Crippen LogP contribution in [0.5, 0.6) is 0 Å². The molecule has 5 nitrogen and oxygen atoms in total. The van der Waals surface area contributed by atoms with E-state index in [1.165, 1.54) is 12.8 Å². The number of carbonyl (C=O) groups excluding carboxylic acids is 1. The van der Waals surface area contributed by atoms with Crippen LogP contribution in [0, 0.1) is 0 Å². The van der Waals surface area contributed by atoms with E-state index < -0.39 is 0 Å². The number of hydrogen-bond acceptors (Lipinski definition) is 3. The minimum absolute atomic E-state index is 0.224. The number of rotatable bonds is 7. The number of fused-ring (bicyclic) bond motifs is 1. The molecule has 2 heterocycles. The summed E-state index contributed by atoms with van der Waals surface area (Å²) in [5.41, 5.74) is 4.22. The monoisotopic (exact) mass is 374 g/mol. The van der Waals surface area contributed by atoms with Gasteiger partial charge in [-0.1, -0.05) is 37.1 Å². The summed E-state index contributed by atoms with van der Waals surface area (Å²) in [5.74, 6) is 0.224. The summed E-state index contributed by atoms with van der Waals surface area (Å²) in [7, 11) is 2.09. The number of unbranched alkanes of at least 4 members (excludes halogenated alkanes) is 1. The molecule has 140 valence electrons. The minimum atomic E-state index is 0.224. The van der Waals surface area contributed by atoms with Crippen LogP contribution in [0.4, 0.5) is 0 Å². The highest BCUT2D eigenvalue weighted by atomic mass is 35.5. The summed E-state index contributed by atoms with van der Waals surface area (Å²) in [6.45, 7) is 5.44. The van der Waals surface area contributed by atoms with Gasteiger partial charge in [0.25, 0.3) is 0 Å². The van der Waals surface area contributed by atoms with Gasteiger partial charge in [0, 0.05) is 54.3 Å². The van der Waals surface area contributed by atoms with Crippen LogP contribution in [-0.4, -0.2) is 52.6 Å². The van der Waals surface area contributed by atoms with Crippen molar-refractivity contribution in [3.63, 3.8) is 0 Å². The van der Waals surface area contributed by atoms with E-state index in [0.29, 0.717) is 18.0 Å². The Morgan fingerprint density at radius 2 is 2.08 bits per heavy atom. The van der Waals surface area contributed by atoms with Gasteiger partial charge in [-0.3, -0.25) is 9.89 Å². The molecule has 1 aliphatic rings. The first-order valence-electron chi connectivity index (χ1n) is 9.37. The van der Waals surface area contributed by atoms with E-state index >= 15 is 0 Å². The lowest BCUT2D eigenvalue weighted by Gasteiger charge is -2.28. The molecule has 0 fully saturated rings. The van der Waals surface area contributed by atoms with E-state index in [2.05, 4.69) is 29.1 Å². The summed E-state index contributed by atoms with van der Waals surface area (Å²) in [5, 5.41) is 8.34. The van der Waals surface area contributed by atoms with Crippen LogP contribution in [0.1, 0.15) is 37.4 Å². The van der Waals surface area contributed by atoms with Gasteiger partial charge in [-0.25, -0.2) is 0 Å². The molecule has 1 aliphatic heterocycles. The zero-order chi connectivity index (χ0) is 18.5. The molecule has 0 saturated heterocycles. The Balaban J connectivity index is 1.64. The smallest absolute Gasteiger partial charge is 0.224 e. The molecule has 0 atom stereocenters. The number of carbonyl (C=O) groups is 1. The van der Waals surface area contributed by atoms with Crippen molar-refractivity contribution in [2.24, 2.45) is 0 Å². The molecule has 0 aliphatic carbocycles. The quantitative estimate of drug-likeness (QED) is 0.803. The Kier molecular flexibility index (Phi) is 6.33. The van der Waals surface area contributed by atoms with Crippen LogP contribution in [0.2, 0.25) is 5.02 Å². The van der Waals surface area contributed by atoms with Crippen molar-refractivity contribution < 1.29 is 4.79 Å². The fourth-order valence-corrected chi connectivity index (χ4v) is 3.46. The second kappa shape index (κ2) is 8.69. The van der Waals surface area contributed by atoms with Crippen LogP contribution < -0.4 is 0 Å². The SMILES string of the molecule is CCCCN(C)CCC(=O)N1CCc2[nH]nc(-c3ccc(Cl)cc3)c2C1. The molecular weight excluding hydrogens is 348 g/mol. The lowest BCUT2D eigenvalue weighted by atomic mass is 10.0. The van der Waals surface area contributed by atoms with Gasteiger partial charge >= 0.3 is 0 Å². The number of aromatic nitrogens is 2. The van der Waals surface area contributed by atoms with Crippen molar-refractivity contribution in [1.82, 2.24) is 20.0 Å². The van der Waals surface area contributed by atoms with Crippen LogP contribution >= 0.6 is 11.6 Å². The molecular formula is C20H27ClN4O. The van der Waals surface area contributed by atoms with Crippen molar-refractivity contribution in [3.8, 4) is 11.3 Å². The topological polar surface area (TPSA) is 52.2 Å². The molecule has 6 heteroatoms. The first-order valence-corrected chi connectivity index (χ1v) is 9.74. The van der Waals surface area contributed by atoms with Crippen LogP contribution in [0.3, 0.4) is 0 Å². The van der Waals surface area contributed by atoms with E-state index in [0.717, 1.165) is 48.6 Å². The van der Waals surface area contributed by atoms with Gasteiger partial charge in [-0.05, 0) is 32.1 Å². The molecule has 26 heavy (non-hydrogen) atoms. The molecule has 1 N–H and O–H groups in total. The second-order valence-electron chi connectivity index (χ2n) is 7.01. The number of hydrogen-bond donors (Lipinski definition) is 1. The number of H-pyrrole nitrogens is 1. The Morgan fingerprint density at radius 1 is 1.31 bits per heavy atom. The van der Waals surface area contributed by atoms with Gasteiger partial charge in [0.05, 0.1) is 5.69 Å². The van der Waals surface area contributed by atoms with Gasteiger partial charge in [0.2, 0.25) is 5.91 Å². The fourth-order valence-electron chi connectivity index (χ4n) is 3.34. The molecule has 0 saturated carbocycles. The molecule has 0 bridgehead atoms. The molecule has 2 aromatic rings. The summed E-state index contributed by atoms with van der Waals surface area (Å²) in [6.07, 6.45) is 3.76. The van der Waals surface area contributed by atoms with Crippen molar-refractivity contribution in [1.29, 1.82) is 0 Å². The Labute approximate surface area is 160 Å². The summed E-state index contributed by atoms with van der Waals surface area (Å²) < 4.78 is 0. The zero-order valence-corrected chi connectivity index (χ0v) is 16.4. The average molecular weight is 375 g/mol. The van der Waals surface area contributed by atoms with E-state index in [1.807, 2.05) is 29.2 Å². The molecule has 0 spiro atoms. The van der Waals surface area contributed by atoms with E-state index in [-0.39, 0.29) is 5.91 Å². The van der Waals surface area contributed by atoms with Gasteiger partial charge in [0.15, 0.2) is 0 Å². The van der Waals surface area contributed by atoms with Crippen LogP contribution in [0.25, 0.3) is 11.3 Å². The number of nitrogens with zero attached hydrogens (tertiary/aromatic N) is 3. The highest BCUT2D eigenvalue weighted by Gasteiger charge is 2.25. The number of nitrogens with one attached hydrogen (secondary N) is 1. The van der Waals surface area contributed by atoms with Crippen molar-refractivity contribution in [2.75, 3.05) is 26.7 Å². The average Bonchev–Trinajstić information content (AvgIpc) is 3.08. The van der Waals surface area contributed by atoms with Crippen molar-refractivity contribution >= 4 is 17.5 Å². The lowest BCUT2D eigenvalue weighted by molar-refractivity contribution is -0.132. The number of benzene rings is 1. The zero-order valence-electron chi connectivity index (χ0n) is 15.6. The minimum Gasteiger partial charge on any atom is -0.338 e. The summed E-state index contributed by atoms with van der Waals surface area (Å²) in [6, 6.07) is 7.69. The number of amides is 1. The van der Waals surface area contributed by atoms with Crippen LogP contribution in [0.15, 0.2) is 24.3 Å². The summed E-state index contributed by atoms with van der Waals surface area (Å²) in [4.78, 5) is 16.9. The fraction of sp³-hybridized carbons (Fsp3) is 0.500.